The van der Waals surface area contributed by atoms with Crippen molar-refractivity contribution in [3.8, 4) is 11.3 Å². The van der Waals surface area contributed by atoms with Gasteiger partial charge in [0.1, 0.15) is 0 Å². The summed E-state index contributed by atoms with van der Waals surface area (Å²) in [6.45, 7) is 2.01. The molecule has 1 aromatic heterocycles. The van der Waals surface area contributed by atoms with Crippen LogP contribution in [0.15, 0.2) is 59.7 Å². The number of carbonyl (C=O) groups is 1. The van der Waals surface area contributed by atoms with Gasteiger partial charge in [0.2, 0.25) is 5.13 Å². The van der Waals surface area contributed by atoms with Crippen LogP contribution in [0.3, 0.4) is 0 Å². The van der Waals surface area contributed by atoms with Crippen molar-refractivity contribution in [3.63, 3.8) is 0 Å². The first-order chi connectivity index (χ1) is 11.6. The Hall–Kier alpha value is -2.99. The van der Waals surface area contributed by atoms with Crippen LogP contribution in [-0.4, -0.2) is 22.3 Å². The van der Waals surface area contributed by atoms with Crippen LogP contribution in [0.4, 0.5) is 5.13 Å². The molecule has 2 N–H and O–H groups in total. The molecule has 0 saturated carbocycles. The van der Waals surface area contributed by atoms with Crippen LogP contribution in [-0.2, 0) is 0 Å². The highest BCUT2D eigenvalue weighted by atomic mass is 32.1. The molecule has 5 nitrogen and oxygen atoms in total. The van der Waals surface area contributed by atoms with Crippen molar-refractivity contribution in [1.82, 2.24) is 4.98 Å². The number of aromatic carboxylic acids is 1. The summed E-state index contributed by atoms with van der Waals surface area (Å²) in [5.74, 6) is -0.978. The predicted molar refractivity (Wildman–Crippen MR) is 96.9 cm³/mol. The van der Waals surface area contributed by atoms with E-state index in [9.17, 15) is 4.79 Å². The molecule has 0 radical (unpaired) electrons. The fraction of sp³-hybridized carbons (Fsp3) is 0.0556. The van der Waals surface area contributed by atoms with E-state index in [4.69, 9.17) is 5.11 Å². The molecule has 24 heavy (non-hydrogen) atoms. The highest BCUT2D eigenvalue weighted by Crippen LogP contribution is 2.30. The average molecular weight is 337 g/mol. The first kappa shape index (κ1) is 15.9. The number of carboxylic acids is 1. The number of nitrogens with one attached hydrogen (secondary N) is 1. The van der Waals surface area contributed by atoms with Crippen molar-refractivity contribution in [2.75, 3.05) is 5.43 Å². The quantitative estimate of drug-likeness (QED) is 0.539. The normalized spacial score (nSPS) is 10.9. The molecule has 0 bridgehead atoms. The van der Waals surface area contributed by atoms with Gasteiger partial charge in [-0.15, -0.1) is 11.3 Å². The number of nitrogens with zero attached hydrogens (tertiary/aromatic N) is 2. The monoisotopic (exact) mass is 337 g/mol. The third-order valence-electron chi connectivity index (χ3n) is 3.40. The summed E-state index contributed by atoms with van der Waals surface area (Å²) in [7, 11) is 0. The van der Waals surface area contributed by atoms with Gasteiger partial charge in [-0.05, 0) is 13.0 Å². The van der Waals surface area contributed by atoms with E-state index in [0.717, 1.165) is 16.1 Å². The molecule has 3 aromatic rings. The Labute approximate surface area is 143 Å². The number of carboxylic acid groups (broad SMARTS) is 1. The van der Waals surface area contributed by atoms with Gasteiger partial charge < -0.3 is 5.11 Å². The molecule has 0 saturated heterocycles. The third-order valence-corrected chi connectivity index (χ3v) is 4.27. The zero-order valence-corrected chi connectivity index (χ0v) is 13.7. The molecule has 0 spiro atoms. The second kappa shape index (κ2) is 7.06. The van der Waals surface area contributed by atoms with E-state index < -0.39 is 5.97 Å². The largest absolute Gasteiger partial charge is 0.478 e. The van der Waals surface area contributed by atoms with Crippen molar-refractivity contribution in [2.24, 2.45) is 5.10 Å². The van der Waals surface area contributed by atoms with Crippen molar-refractivity contribution in [1.29, 1.82) is 0 Å². The summed E-state index contributed by atoms with van der Waals surface area (Å²) >= 11 is 1.50. The second-order valence-corrected chi connectivity index (χ2v) is 6.26. The van der Waals surface area contributed by atoms with Crippen LogP contribution in [0, 0.1) is 6.92 Å². The molecule has 0 fully saturated rings. The van der Waals surface area contributed by atoms with Gasteiger partial charge in [-0.2, -0.15) is 5.10 Å². The molecule has 0 aliphatic rings. The third kappa shape index (κ3) is 3.49. The van der Waals surface area contributed by atoms with Gasteiger partial charge in [0.25, 0.3) is 0 Å². The molecular formula is C18H15N3O2S. The van der Waals surface area contributed by atoms with Crippen LogP contribution in [0.5, 0.6) is 0 Å². The number of thiazole rings is 1. The fourth-order valence-corrected chi connectivity index (χ4v) is 3.05. The van der Waals surface area contributed by atoms with E-state index in [1.54, 1.807) is 24.3 Å². The standard InChI is InChI=1S/C18H15N3O2S/c1-12-16(13-7-3-2-4-8-13)20-18(24-12)21-19-11-14-9-5-6-10-15(14)17(22)23/h2-11H,1H3,(H,20,21)(H,22,23)/b19-11+. The van der Waals surface area contributed by atoms with Gasteiger partial charge in [0, 0.05) is 16.0 Å². The van der Waals surface area contributed by atoms with Gasteiger partial charge in [0.15, 0.2) is 0 Å². The Morgan fingerprint density at radius 1 is 1.17 bits per heavy atom. The van der Waals surface area contributed by atoms with Gasteiger partial charge in [0.05, 0.1) is 17.5 Å². The first-order valence-corrected chi connectivity index (χ1v) is 8.11. The maximum Gasteiger partial charge on any atom is 0.336 e. The molecule has 0 aliphatic heterocycles. The van der Waals surface area contributed by atoms with Crippen LogP contribution < -0.4 is 5.43 Å². The number of anilines is 1. The smallest absolute Gasteiger partial charge is 0.336 e. The van der Waals surface area contributed by atoms with E-state index in [1.807, 2.05) is 37.3 Å². The number of rotatable bonds is 5. The summed E-state index contributed by atoms with van der Waals surface area (Å²) in [5, 5.41) is 13.9. The Kier molecular flexibility index (Phi) is 4.67. The number of aromatic nitrogens is 1. The Bertz CT molecular complexity index is 888. The molecule has 2 aromatic carbocycles. The zero-order valence-electron chi connectivity index (χ0n) is 12.9. The highest BCUT2D eigenvalue weighted by Gasteiger charge is 2.09. The molecule has 0 aliphatic carbocycles. The van der Waals surface area contributed by atoms with Gasteiger partial charge in [-0.1, -0.05) is 48.5 Å². The molecule has 6 heteroatoms. The Balaban J connectivity index is 1.78. The minimum absolute atomic E-state index is 0.211. The van der Waals surface area contributed by atoms with Gasteiger partial charge in [-0.3, -0.25) is 5.43 Å². The predicted octanol–water partition coefficient (Wildman–Crippen LogP) is 4.26. The molecule has 0 atom stereocenters. The van der Waals surface area contributed by atoms with E-state index in [0.29, 0.717) is 10.7 Å². The maximum atomic E-state index is 11.2. The summed E-state index contributed by atoms with van der Waals surface area (Å²) in [6.07, 6.45) is 1.49. The van der Waals surface area contributed by atoms with E-state index >= 15 is 0 Å². The lowest BCUT2D eigenvalue weighted by Crippen LogP contribution is -2.02. The van der Waals surface area contributed by atoms with Crippen LogP contribution in [0.2, 0.25) is 0 Å². The summed E-state index contributed by atoms with van der Waals surface area (Å²) in [6, 6.07) is 16.6. The minimum atomic E-state index is -0.978. The van der Waals surface area contributed by atoms with Crippen LogP contribution in [0.25, 0.3) is 11.3 Å². The van der Waals surface area contributed by atoms with E-state index in [1.165, 1.54) is 17.6 Å². The lowest BCUT2D eigenvalue weighted by Gasteiger charge is -1.99. The van der Waals surface area contributed by atoms with Crippen molar-refractivity contribution >= 4 is 28.7 Å². The van der Waals surface area contributed by atoms with E-state index in [-0.39, 0.29) is 5.56 Å². The number of hydrogen-bond acceptors (Lipinski definition) is 5. The molecule has 1 heterocycles. The van der Waals surface area contributed by atoms with Crippen molar-refractivity contribution in [3.05, 3.63) is 70.6 Å². The van der Waals surface area contributed by atoms with E-state index in [2.05, 4.69) is 15.5 Å². The lowest BCUT2D eigenvalue weighted by molar-refractivity contribution is 0.0697. The Morgan fingerprint density at radius 2 is 1.88 bits per heavy atom. The number of hydrazone groups is 1. The average Bonchev–Trinajstić information content (AvgIpc) is 2.97. The highest BCUT2D eigenvalue weighted by molar-refractivity contribution is 7.15. The van der Waals surface area contributed by atoms with Crippen LogP contribution in [0.1, 0.15) is 20.8 Å². The lowest BCUT2D eigenvalue weighted by atomic mass is 10.1. The van der Waals surface area contributed by atoms with Crippen LogP contribution >= 0.6 is 11.3 Å². The summed E-state index contributed by atoms with van der Waals surface area (Å²) in [5.41, 5.74) is 5.60. The molecule has 0 unspecified atom stereocenters. The molecular weight excluding hydrogens is 322 g/mol. The Morgan fingerprint density at radius 3 is 2.62 bits per heavy atom. The second-order valence-electron chi connectivity index (χ2n) is 5.05. The van der Waals surface area contributed by atoms with Gasteiger partial charge >= 0.3 is 5.97 Å². The topological polar surface area (TPSA) is 74.6 Å². The molecule has 120 valence electrons. The summed E-state index contributed by atoms with van der Waals surface area (Å²) in [4.78, 5) is 16.8. The minimum Gasteiger partial charge on any atom is -0.478 e. The van der Waals surface area contributed by atoms with Crippen molar-refractivity contribution in [2.45, 2.75) is 6.92 Å². The zero-order chi connectivity index (χ0) is 16.9. The number of hydrogen-bond donors (Lipinski definition) is 2. The molecule has 3 rings (SSSR count). The maximum absolute atomic E-state index is 11.2. The fourth-order valence-electron chi connectivity index (χ4n) is 2.27. The van der Waals surface area contributed by atoms with Gasteiger partial charge in [-0.25, -0.2) is 9.78 Å². The number of benzene rings is 2. The first-order valence-electron chi connectivity index (χ1n) is 7.29. The summed E-state index contributed by atoms with van der Waals surface area (Å²) < 4.78 is 0. The SMILES string of the molecule is Cc1sc(N/N=C/c2ccccc2C(=O)O)nc1-c1ccccc1. The molecule has 0 amide bonds. The van der Waals surface area contributed by atoms with Crippen molar-refractivity contribution < 1.29 is 9.90 Å². The number of aryl methyl sites for hydroxylation is 1.